The predicted molar refractivity (Wildman–Crippen MR) is 149 cm³/mol. The third-order valence-corrected chi connectivity index (χ3v) is 6.00. The fraction of sp³-hybridized carbons (Fsp3) is 0.321. The molecule has 0 aliphatic heterocycles. The van der Waals surface area contributed by atoms with Gasteiger partial charge in [-0.2, -0.15) is 0 Å². The van der Waals surface area contributed by atoms with E-state index in [2.05, 4.69) is 5.32 Å². The van der Waals surface area contributed by atoms with Crippen LogP contribution in [-0.2, 0) is 25.6 Å². The number of hydrogen-bond acceptors (Lipinski definition) is 7. The van der Waals surface area contributed by atoms with Crippen LogP contribution in [0.25, 0.3) is 10.9 Å². The predicted octanol–water partition coefficient (Wildman–Crippen LogP) is 3.03. The minimum Gasteiger partial charge on any atom is -0.452 e. The van der Waals surface area contributed by atoms with Crippen LogP contribution >= 0.6 is 0 Å². The van der Waals surface area contributed by atoms with E-state index in [0.29, 0.717) is 16.6 Å². The normalized spacial score (nSPS) is 11.8. The molecule has 2 aromatic heterocycles. The van der Waals surface area contributed by atoms with Crippen LogP contribution in [0.1, 0.15) is 18.5 Å². The Morgan fingerprint density at radius 3 is 2.46 bits per heavy atom. The zero-order valence-corrected chi connectivity index (χ0v) is 23.4. The fourth-order valence-corrected chi connectivity index (χ4v) is 3.86. The molecule has 1 unspecified atom stereocenters. The number of hydrogen-bond donors (Lipinski definition) is 1. The summed E-state index contributed by atoms with van der Waals surface area (Å²) in [4.78, 5) is 65.4. The van der Waals surface area contributed by atoms with E-state index in [4.69, 9.17) is 9.47 Å². The third kappa shape index (κ3) is 7.59. The van der Waals surface area contributed by atoms with Crippen molar-refractivity contribution in [3.63, 3.8) is 0 Å². The molecule has 1 atom stereocenters. The number of benzene rings is 1. The molecule has 0 spiro atoms. The number of carbonyl (C=O) groups is 4. The van der Waals surface area contributed by atoms with Gasteiger partial charge in [-0.3, -0.25) is 14.4 Å². The third-order valence-electron chi connectivity index (χ3n) is 6.00. The summed E-state index contributed by atoms with van der Waals surface area (Å²) in [6, 6.07) is 8.39. The summed E-state index contributed by atoms with van der Waals surface area (Å²) >= 11 is 0. The Hall–Kier alpha value is -4.94. The Labute approximate surface area is 235 Å². The van der Waals surface area contributed by atoms with Gasteiger partial charge in [-0.05, 0) is 55.3 Å². The maximum Gasteiger partial charge on any atom is 0.418 e. The van der Waals surface area contributed by atoms with Gasteiger partial charge in [0.15, 0.2) is 6.10 Å². The van der Waals surface area contributed by atoms with Gasteiger partial charge in [-0.15, -0.1) is 0 Å². The van der Waals surface area contributed by atoms with Crippen LogP contribution < -0.4 is 10.9 Å². The molecule has 0 aliphatic carbocycles. The molecule has 0 aliphatic rings. The van der Waals surface area contributed by atoms with E-state index in [1.807, 2.05) is 0 Å². The molecule has 0 radical (unpaired) electrons. The summed E-state index contributed by atoms with van der Waals surface area (Å²) < 4.78 is 26.5. The highest BCUT2D eigenvalue weighted by Gasteiger charge is 2.25. The molecule has 0 saturated heterocycles. The van der Waals surface area contributed by atoms with Crippen LogP contribution in [0.5, 0.6) is 0 Å². The first-order valence-electron chi connectivity index (χ1n) is 12.6. The van der Waals surface area contributed by atoms with Crippen LogP contribution in [0.2, 0.25) is 0 Å². The van der Waals surface area contributed by atoms with E-state index in [9.17, 15) is 28.4 Å². The lowest BCUT2D eigenvalue weighted by molar-refractivity contribution is -0.125. The highest BCUT2D eigenvalue weighted by molar-refractivity contribution is 5.95. The molecule has 1 aromatic carbocycles. The van der Waals surface area contributed by atoms with Crippen LogP contribution in [-0.4, -0.2) is 84.3 Å². The van der Waals surface area contributed by atoms with E-state index in [0.717, 1.165) is 4.90 Å². The summed E-state index contributed by atoms with van der Waals surface area (Å²) in [6.07, 6.45) is 1.95. The molecule has 13 heteroatoms. The number of pyridine rings is 1. The molecule has 0 bridgehead atoms. The molecular formula is C28H32FN5O7. The molecular weight excluding hydrogens is 537 g/mol. The summed E-state index contributed by atoms with van der Waals surface area (Å²) in [6.45, 7) is -0.0995. The highest BCUT2D eigenvalue weighted by Crippen LogP contribution is 2.22. The van der Waals surface area contributed by atoms with Crippen LogP contribution in [0.15, 0.2) is 59.5 Å². The zero-order chi connectivity index (χ0) is 30.3. The number of halogens is 1. The summed E-state index contributed by atoms with van der Waals surface area (Å²) in [5, 5.41) is 2.96. The highest BCUT2D eigenvalue weighted by atomic mass is 19.1. The Morgan fingerprint density at radius 2 is 1.80 bits per heavy atom. The number of aromatic nitrogens is 2. The maximum absolute atomic E-state index is 13.8. The molecule has 12 nitrogen and oxygen atoms in total. The number of nitrogens with zero attached hydrogens (tertiary/aromatic N) is 4. The minimum atomic E-state index is -1.26. The lowest BCUT2D eigenvalue weighted by Crippen LogP contribution is -2.37. The van der Waals surface area contributed by atoms with Gasteiger partial charge >= 0.3 is 12.2 Å². The first kappa shape index (κ1) is 30.6. The lowest BCUT2D eigenvalue weighted by Gasteiger charge is -2.20. The van der Waals surface area contributed by atoms with Crippen molar-refractivity contribution >= 4 is 40.6 Å². The molecule has 0 fully saturated rings. The minimum absolute atomic E-state index is 0.0550. The number of ether oxygens (including phenoxy) is 2. The van der Waals surface area contributed by atoms with Crippen molar-refractivity contribution in [3.05, 3.63) is 76.6 Å². The number of amides is 3. The van der Waals surface area contributed by atoms with Crippen molar-refractivity contribution in [2.75, 3.05) is 40.6 Å². The summed E-state index contributed by atoms with van der Waals surface area (Å²) in [7, 11) is 7.33. The van der Waals surface area contributed by atoms with Gasteiger partial charge in [0.1, 0.15) is 11.5 Å². The van der Waals surface area contributed by atoms with Gasteiger partial charge in [-0.1, -0.05) is 6.08 Å². The molecule has 3 rings (SSSR count). The monoisotopic (exact) mass is 569 g/mol. The van der Waals surface area contributed by atoms with Crippen molar-refractivity contribution in [1.29, 1.82) is 0 Å². The van der Waals surface area contributed by atoms with E-state index >= 15 is 0 Å². The first-order valence-corrected chi connectivity index (χ1v) is 12.6. The Balaban J connectivity index is 1.85. The van der Waals surface area contributed by atoms with E-state index in [-0.39, 0.29) is 31.0 Å². The van der Waals surface area contributed by atoms with Gasteiger partial charge in [0.25, 0.3) is 11.5 Å². The van der Waals surface area contributed by atoms with Crippen molar-refractivity contribution in [2.45, 2.75) is 25.5 Å². The van der Waals surface area contributed by atoms with Gasteiger partial charge in [0, 0.05) is 45.5 Å². The van der Waals surface area contributed by atoms with Crippen LogP contribution in [0.3, 0.4) is 0 Å². The van der Waals surface area contributed by atoms with Crippen LogP contribution in [0, 0.1) is 5.82 Å². The smallest absolute Gasteiger partial charge is 0.418 e. The second-order valence-electron chi connectivity index (χ2n) is 9.47. The average molecular weight is 570 g/mol. The molecule has 3 amide bonds. The first-order chi connectivity index (χ1) is 19.4. The lowest BCUT2D eigenvalue weighted by atomic mass is 10.1. The number of nitrogens with one attached hydrogen (secondary N) is 1. The van der Waals surface area contributed by atoms with E-state index in [1.165, 1.54) is 77.8 Å². The molecule has 3 aromatic rings. The SMILES string of the molecule is COC(=O)n1c(Cn2cccc(NC(=O)C(CC/C=C/C(=O)N(C)C)OC(=O)N(C)C)c2=O)cc2cc(F)ccc21. The largest absolute Gasteiger partial charge is 0.452 e. The van der Waals surface area contributed by atoms with E-state index in [1.54, 1.807) is 26.2 Å². The van der Waals surface area contributed by atoms with Crippen molar-refractivity contribution in [1.82, 2.24) is 18.9 Å². The second-order valence-corrected chi connectivity index (χ2v) is 9.47. The Bertz CT molecular complexity index is 1540. The molecule has 0 saturated carbocycles. The molecule has 218 valence electrons. The standard InChI is InChI=1S/C28H32FN5O7/c1-31(2)24(35)11-7-6-10-23(41-27(38)32(3)4)25(36)30-21-9-8-14-33(26(21)37)17-20-16-18-15-19(29)12-13-22(18)34(20)28(39)40-5/h7-9,11-16,23H,6,10,17H2,1-5H3,(H,30,36)/b11-7+. The zero-order valence-electron chi connectivity index (χ0n) is 23.4. The fourth-order valence-electron chi connectivity index (χ4n) is 3.86. The average Bonchev–Trinajstić information content (AvgIpc) is 3.28. The number of carbonyl (C=O) groups excluding carboxylic acids is 4. The van der Waals surface area contributed by atoms with Gasteiger partial charge in [0.05, 0.1) is 19.2 Å². The topological polar surface area (TPSA) is 132 Å². The van der Waals surface area contributed by atoms with Gasteiger partial charge in [-0.25, -0.2) is 18.5 Å². The number of fused-ring (bicyclic) bond motifs is 1. The van der Waals surface area contributed by atoms with Crippen molar-refractivity contribution < 1.29 is 33.0 Å². The molecule has 41 heavy (non-hydrogen) atoms. The number of anilines is 1. The molecule has 2 heterocycles. The van der Waals surface area contributed by atoms with Gasteiger partial charge < -0.3 is 29.2 Å². The number of rotatable bonds is 9. The van der Waals surface area contributed by atoms with Crippen molar-refractivity contribution in [2.24, 2.45) is 0 Å². The summed E-state index contributed by atoms with van der Waals surface area (Å²) in [5.41, 5.74) is 0.0638. The van der Waals surface area contributed by atoms with E-state index < -0.39 is 35.6 Å². The maximum atomic E-state index is 13.8. The number of likely N-dealkylation sites (N-methyl/N-ethyl adjacent to an activating group) is 1. The Kier molecular flexibility index (Phi) is 10.0. The Morgan fingerprint density at radius 1 is 1.07 bits per heavy atom. The van der Waals surface area contributed by atoms with Gasteiger partial charge in [0.2, 0.25) is 5.91 Å². The number of methoxy groups -OCH3 is 1. The van der Waals surface area contributed by atoms with Crippen LogP contribution in [0.4, 0.5) is 19.7 Å². The second kappa shape index (κ2) is 13.4. The number of allylic oxidation sites excluding steroid dienone is 1. The summed E-state index contributed by atoms with van der Waals surface area (Å²) in [5.74, 6) is -1.46. The molecule has 1 N–H and O–H groups in total. The quantitative estimate of drug-likeness (QED) is 0.392. The van der Waals surface area contributed by atoms with Crippen molar-refractivity contribution in [3.8, 4) is 0 Å².